The van der Waals surface area contributed by atoms with Gasteiger partial charge in [-0.05, 0) is 49.4 Å². The lowest BCUT2D eigenvalue weighted by Gasteiger charge is -2.11. The molecular formula is C18H19ClN2O4S. The van der Waals surface area contributed by atoms with Gasteiger partial charge in [-0.3, -0.25) is 9.52 Å². The lowest BCUT2D eigenvalue weighted by Crippen LogP contribution is -2.24. The van der Waals surface area contributed by atoms with Gasteiger partial charge in [-0.25, -0.2) is 8.42 Å². The minimum absolute atomic E-state index is 0.0699. The molecule has 2 rings (SSSR count). The van der Waals surface area contributed by atoms with E-state index in [1.807, 2.05) is 6.92 Å². The lowest BCUT2D eigenvalue weighted by molar-refractivity contribution is 0.0958. The molecule has 0 unspecified atom stereocenters. The van der Waals surface area contributed by atoms with Crippen LogP contribution >= 0.6 is 11.6 Å². The lowest BCUT2D eigenvalue weighted by atomic mass is 10.2. The Hall–Kier alpha value is -2.51. The van der Waals surface area contributed by atoms with Crippen molar-refractivity contribution in [3.05, 3.63) is 65.7 Å². The van der Waals surface area contributed by atoms with E-state index in [-0.39, 0.29) is 22.0 Å². The highest BCUT2D eigenvalue weighted by Crippen LogP contribution is 2.23. The molecule has 0 fully saturated rings. The van der Waals surface area contributed by atoms with Crippen molar-refractivity contribution in [1.29, 1.82) is 0 Å². The molecule has 0 aliphatic heterocycles. The van der Waals surface area contributed by atoms with Crippen molar-refractivity contribution < 1.29 is 17.9 Å². The Morgan fingerprint density at radius 2 is 1.92 bits per heavy atom. The molecular weight excluding hydrogens is 376 g/mol. The van der Waals surface area contributed by atoms with E-state index in [1.54, 1.807) is 24.3 Å². The minimum Gasteiger partial charge on any atom is -0.494 e. The van der Waals surface area contributed by atoms with E-state index in [1.165, 1.54) is 24.3 Å². The molecule has 0 heterocycles. The summed E-state index contributed by atoms with van der Waals surface area (Å²) < 4.78 is 32.9. The summed E-state index contributed by atoms with van der Waals surface area (Å²) in [6.45, 7) is 6.14. The third kappa shape index (κ3) is 5.00. The Balaban J connectivity index is 2.25. The van der Waals surface area contributed by atoms with Gasteiger partial charge in [-0.2, -0.15) is 0 Å². The number of hydrogen-bond acceptors (Lipinski definition) is 4. The van der Waals surface area contributed by atoms with Crippen LogP contribution in [0.2, 0.25) is 5.02 Å². The number of benzene rings is 2. The first-order valence-corrected chi connectivity index (χ1v) is 9.68. The molecule has 0 aromatic heterocycles. The number of ether oxygens (including phenoxy) is 1. The van der Waals surface area contributed by atoms with E-state index in [9.17, 15) is 13.2 Å². The molecule has 2 aromatic carbocycles. The van der Waals surface area contributed by atoms with E-state index in [2.05, 4.69) is 16.6 Å². The zero-order valence-corrected chi connectivity index (χ0v) is 15.7. The molecule has 0 aliphatic carbocycles. The highest BCUT2D eigenvalue weighted by atomic mass is 35.5. The van der Waals surface area contributed by atoms with Gasteiger partial charge in [0.2, 0.25) is 0 Å². The van der Waals surface area contributed by atoms with Crippen molar-refractivity contribution in [2.45, 2.75) is 11.8 Å². The summed E-state index contributed by atoms with van der Waals surface area (Å²) in [5.41, 5.74) is 0.448. The quantitative estimate of drug-likeness (QED) is 0.671. The minimum atomic E-state index is -3.88. The number of carbonyl (C=O) groups is 1. The molecule has 0 aliphatic rings. The van der Waals surface area contributed by atoms with Gasteiger partial charge in [0.15, 0.2) is 0 Å². The Bertz CT molecular complexity index is 896. The maximum Gasteiger partial charge on any atom is 0.261 e. The van der Waals surface area contributed by atoms with Crippen LogP contribution in [-0.2, 0) is 10.0 Å². The van der Waals surface area contributed by atoms with Gasteiger partial charge >= 0.3 is 0 Å². The zero-order chi connectivity index (χ0) is 19.2. The van der Waals surface area contributed by atoms with Gasteiger partial charge in [0, 0.05) is 12.2 Å². The van der Waals surface area contributed by atoms with Crippen molar-refractivity contribution in [3.8, 4) is 5.75 Å². The first kappa shape index (κ1) is 19.8. The second kappa shape index (κ2) is 8.73. The van der Waals surface area contributed by atoms with Gasteiger partial charge in [-0.15, -0.1) is 6.58 Å². The smallest absolute Gasteiger partial charge is 0.261 e. The number of nitrogens with one attached hydrogen (secondary N) is 2. The molecule has 26 heavy (non-hydrogen) atoms. The molecule has 2 N–H and O–H groups in total. The first-order valence-electron chi connectivity index (χ1n) is 7.81. The molecule has 1 amide bonds. The number of anilines is 1. The van der Waals surface area contributed by atoms with Crippen molar-refractivity contribution in [2.75, 3.05) is 17.9 Å². The Labute approximate surface area is 157 Å². The van der Waals surface area contributed by atoms with Crippen molar-refractivity contribution in [1.82, 2.24) is 5.32 Å². The molecule has 0 bridgehead atoms. The van der Waals surface area contributed by atoms with Gasteiger partial charge in [-0.1, -0.05) is 17.7 Å². The summed E-state index contributed by atoms with van der Waals surface area (Å²) in [5.74, 6) is 0.163. The zero-order valence-electron chi connectivity index (χ0n) is 14.2. The second-order valence-electron chi connectivity index (χ2n) is 5.20. The molecule has 138 valence electrons. The topological polar surface area (TPSA) is 84.5 Å². The number of rotatable bonds is 8. The maximum atomic E-state index is 12.6. The van der Waals surface area contributed by atoms with Crippen LogP contribution in [0.25, 0.3) is 0 Å². The Morgan fingerprint density at radius 1 is 1.23 bits per heavy atom. The van der Waals surface area contributed by atoms with E-state index in [0.29, 0.717) is 18.0 Å². The summed E-state index contributed by atoms with van der Waals surface area (Å²) in [5, 5.41) is 2.72. The fourth-order valence-electron chi connectivity index (χ4n) is 2.11. The molecule has 0 spiro atoms. The summed E-state index contributed by atoms with van der Waals surface area (Å²) >= 11 is 6.01. The largest absolute Gasteiger partial charge is 0.494 e. The SMILES string of the molecule is C=CCNC(=O)c1cc(S(=O)(=O)Nc2ccc(OCC)cc2)ccc1Cl. The van der Waals surface area contributed by atoms with Crippen molar-refractivity contribution in [2.24, 2.45) is 0 Å². The maximum absolute atomic E-state index is 12.6. The molecule has 0 atom stereocenters. The van der Waals surface area contributed by atoms with Crippen LogP contribution in [-0.4, -0.2) is 27.5 Å². The first-order chi connectivity index (χ1) is 12.4. The average molecular weight is 395 g/mol. The predicted octanol–water partition coefficient (Wildman–Crippen LogP) is 3.46. The molecule has 0 saturated heterocycles. The van der Waals surface area contributed by atoms with Crippen molar-refractivity contribution in [3.63, 3.8) is 0 Å². The highest BCUT2D eigenvalue weighted by Gasteiger charge is 2.19. The fraction of sp³-hybridized carbons (Fsp3) is 0.167. The number of amides is 1. The molecule has 2 aromatic rings. The predicted molar refractivity (Wildman–Crippen MR) is 102 cm³/mol. The van der Waals surface area contributed by atoms with Crippen molar-refractivity contribution >= 4 is 33.2 Å². The average Bonchev–Trinajstić information content (AvgIpc) is 2.61. The Kier molecular flexibility index (Phi) is 6.65. The summed E-state index contributed by atoms with van der Waals surface area (Å²) in [6, 6.07) is 10.5. The molecule has 6 nitrogen and oxygen atoms in total. The van der Waals surface area contributed by atoms with Gasteiger partial charge in [0.05, 0.1) is 22.1 Å². The molecule has 0 saturated carbocycles. The van der Waals surface area contributed by atoms with Gasteiger partial charge in [0.1, 0.15) is 5.75 Å². The van der Waals surface area contributed by atoms with Crippen LogP contribution in [0.15, 0.2) is 60.0 Å². The number of sulfonamides is 1. The van der Waals surface area contributed by atoms with E-state index in [0.717, 1.165) is 0 Å². The van der Waals surface area contributed by atoms with Crippen LogP contribution < -0.4 is 14.8 Å². The molecule has 0 radical (unpaired) electrons. The summed E-state index contributed by atoms with van der Waals surface area (Å²) in [4.78, 5) is 12.0. The monoisotopic (exact) mass is 394 g/mol. The normalized spacial score (nSPS) is 10.8. The number of hydrogen-bond donors (Lipinski definition) is 2. The molecule has 8 heteroatoms. The van der Waals surface area contributed by atoms with Crippen LogP contribution in [0.3, 0.4) is 0 Å². The summed E-state index contributed by atoms with van der Waals surface area (Å²) in [6.07, 6.45) is 1.51. The third-order valence-electron chi connectivity index (χ3n) is 3.32. The van der Waals surface area contributed by atoms with Gasteiger partial charge in [0.25, 0.3) is 15.9 Å². The van der Waals surface area contributed by atoms with Gasteiger partial charge < -0.3 is 10.1 Å². The number of halogens is 1. The Morgan fingerprint density at radius 3 is 2.54 bits per heavy atom. The fourth-order valence-corrected chi connectivity index (χ4v) is 3.39. The van der Waals surface area contributed by atoms with Crippen LogP contribution in [0, 0.1) is 0 Å². The van der Waals surface area contributed by atoms with Crippen LogP contribution in [0.5, 0.6) is 5.75 Å². The summed E-state index contributed by atoms with van der Waals surface area (Å²) in [7, 11) is -3.88. The standard InChI is InChI=1S/C18H19ClN2O4S/c1-3-11-20-18(22)16-12-15(9-10-17(16)19)26(23,24)21-13-5-7-14(8-6-13)25-4-2/h3,5-10,12,21H,1,4,11H2,2H3,(H,20,22). The number of carbonyl (C=O) groups excluding carboxylic acids is 1. The van der Waals surface area contributed by atoms with Crippen LogP contribution in [0.4, 0.5) is 5.69 Å². The van der Waals surface area contributed by atoms with E-state index >= 15 is 0 Å². The van der Waals surface area contributed by atoms with E-state index in [4.69, 9.17) is 16.3 Å². The van der Waals surface area contributed by atoms with E-state index < -0.39 is 15.9 Å². The third-order valence-corrected chi connectivity index (χ3v) is 5.03. The van der Waals surface area contributed by atoms with Crippen LogP contribution in [0.1, 0.15) is 17.3 Å². The highest BCUT2D eigenvalue weighted by molar-refractivity contribution is 7.92. The second-order valence-corrected chi connectivity index (χ2v) is 7.29.